The zero-order chi connectivity index (χ0) is 21.0. The van der Waals surface area contributed by atoms with Gasteiger partial charge in [-0.2, -0.15) is 5.10 Å². The van der Waals surface area contributed by atoms with Crippen molar-refractivity contribution in [1.29, 1.82) is 0 Å². The molecule has 0 bridgehead atoms. The first-order valence-electron chi connectivity index (χ1n) is 10.0. The lowest BCUT2D eigenvalue weighted by atomic mass is 9.92. The normalized spacial score (nSPS) is 17.7. The molecule has 156 valence electrons. The number of aryl methyl sites for hydroxylation is 1. The van der Waals surface area contributed by atoms with E-state index in [1.807, 2.05) is 36.1 Å². The minimum absolute atomic E-state index is 0.0177. The second kappa shape index (κ2) is 8.98. The molecule has 1 fully saturated rings. The van der Waals surface area contributed by atoms with Crippen LogP contribution in [0.25, 0.3) is 0 Å². The zero-order valence-corrected chi connectivity index (χ0v) is 17.1. The van der Waals surface area contributed by atoms with Gasteiger partial charge in [0.2, 0.25) is 5.91 Å². The highest BCUT2D eigenvalue weighted by molar-refractivity contribution is 5.98. The van der Waals surface area contributed by atoms with E-state index in [0.717, 1.165) is 30.8 Å². The Labute approximate surface area is 170 Å². The summed E-state index contributed by atoms with van der Waals surface area (Å²) in [6.07, 6.45) is 3.82. The number of ether oxygens (including phenoxy) is 1. The summed E-state index contributed by atoms with van der Waals surface area (Å²) in [4.78, 5) is 24.5. The molecule has 1 atom stereocenters. The van der Waals surface area contributed by atoms with Crippen LogP contribution in [0.2, 0.25) is 0 Å². The Morgan fingerprint density at radius 1 is 1.24 bits per heavy atom. The highest BCUT2D eigenvalue weighted by atomic mass is 16.5. The summed E-state index contributed by atoms with van der Waals surface area (Å²) < 4.78 is 7.21. The Morgan fingerprint density at radius 2 is 1.93 bits per heavy atom. The average molecular weight is 399 g/mol. The molecular formula is C21H29N5O3. The Bertz CT molecular complexity index is 886. The summed E-state index contributed by atoms with van der Waals surface area (Å²) in [6.45, 7) is 4.37. The van der Waals surface area contributed by atoms with Crippen molar-refractivity contribution < 1.29 is 14.3 Å². The second-order valence-corrected chi connectivity index (χ2v) is 7.39. The smallest absolute Gasteiger partial charge is 0.254 e. The Balaban J connectivity index is 0.000000224. The Kier molecular flexibility index (Phi) is 6.41. The molecule has 29 heavy (non-hydrogen) atoms. The van der Waals surface area contributed by atoms with E-state index in [9.17, 15) is 9.59 Å². The van der Waals surface area contributed by atoms with E-state index in [4.69, 9.17) is 16.2 Å². The van der Waals surface area contributed by atoms with Crippen molar-refractivity contribution in [2.75, 3.05) is 25.4 Å². The number of benzene rings is 1. The predicted octanol–water partition coefficient (Wildman–Crippen LogP) is 1.84. The van der Waals surface area contributed by atoms with E-state index in [2.05, 4.69) is 5.10 Å². The lowest BCUT2D eigenvalue weighted by Gasteiger charge is -2.24. The summed E-state index contributed by atoms with van der Waals surface area (Å²) in [6, 6.07) is 7.85. The van der Waals surface area contributed by atoms with Crippen molar-refractivity contribution in [3.05, 3.63) is 41.1 Å². The standard InChI is InChI=1S/C14H16N4O2.C7H13NO/c1-18-13(15)11(14(16)19)12(17-18)9-6-8-4-2-3-5-10(8)20-7-9;1-2-7(9)8-5-3-4-6-8/h2-5,9H,6-7,15H2,1H3,(H2,16,19);2-6H2,1H3. The number of nitrogens with zero attached hydrogens (tertiary/aromatic N) is 3. The first-order valence-corrected chi connectivity index (χ1v) is 10.0. The Morgan fingerprint density at radius 3 is 2.59 bits per heavy atom. The summed E-state index contributed by atoms with van der Waals surface area (Å²) in [5, 5.41) is 4.34. The number of para-hydroxylation sites is 1. The number of aromatic nitrogens is 2. The molecule has 1 unspecified atom stereocenters. The third-order valence-electron chi connectivity index (χ3n) is 5.39. The quantitative estimate of drug-likeness (QED) is 0.817. The van der Waals surface area contributed by atoms with Gasteiger partial charge in [0, 0.05) is 32.5 Å². The summed E-state index contributed by atoms with van der Waals surface area (Å²) in [5.74, 6) is 0.924. The Hall–Kier alpha value is -3.03. The molecule has 2 aliphatic heterocycles. The number of hydrogen-bond acceptors (Lipinski definition) is 5. The minimum Gasteiger partial charge on any atom is -0.493 e. The van der Waals surface area contributed by atoms with Gasteiger partial charge in [0.05, 0.1) is 12.3 Å². The topological polar surface area (TPSA) is 116 Å². The van der Waals surface area contributed by atoms with Gasteiger partial charge in [-0.1, -0.05) is 25.1 Å². The first kappa shape index (κ1) is 20.7. The molecule has 0 saturated carbocycles. The van der Waals surface area contributed by atoms with Gasteiger partial charge in [0.15, 0.2) is 0 Å². The van der Waals surface area contributed by atoms with Crippen LogP contribution in [0.1, 0.15) is 53.7 Å². The van der Waals surface area contributed by atoms with Crippen LogP contribution in [0, 0.1) is 0 Å². The van der Waals surface area contributed by atoms with Crippen molar-refractivity contribution in [3.8, 4) is 5.75 Å². The number of carbonyl (C=O) groups excluding carboxylic acids is 2. The number of nitrogen functional groups attached to an aromatic ring is 1. The van der Waals surface area contributed by atoms with Gasteiger partial charge in [-0.3, -0.25) is 14.3 Å². The number of primary amides is 1. The third kappa shape index (κ3) is 4.52. The third-order valence-corrected chi connectivity index (χ3v) is 5.39. The second-order valence-electron chi connectivity index (χ2n) is 7.39. The number of rotatable bonds is 3. The molecule has 4 N–H and O–H groups in total. The van der Waals surface area contributed by atoms with E-state index in [-0.39, 0.29) is 5.92 Å². The molecule has 2 amide bonds. The highest BCUT2D eigenvalue weighted by Crippen LogP contribution is 2.34. The van der Waals surface area contributed by atoms with Gasteiger partial charge < -0.3 is 21.1 Å². The zero-order valence-electron chi connectivity index (χ0n) is 17.1. The number of carbonyl (C=O) groups is 2. The molecule has 0 radical (unpaired) electrons. The van der Waals surface area contributed by atoms with Crippen LogP contribution in [0.15, 0.2) is 24.3 Å². The van der Waals surface area contributed by atoms with Crippen LogP contribution in [-0.4, -0.2) is 46.2 Å². The van der Waals surface area contributed by atoms with Crippen LogP contribution in [-0.2, 0) is 18.3 Å². The van der Waals surface area contributed by atoms with Gasteiger partial charge in [0.25, 0.3) is 5.91 Å². The lowest BCUT2D eigenvalue weighted by Crippen LogP contribution is -2.26. The van der Waals surface area contributed by atoms with Crippen molar-refractivity contribution >= 4 is 17.6 Å². The van der Waals surface area contributed by atoms with Gasteiger partial charge in [-0.15, -0.1) is 0 Å². The van der Waals surface area contributed by atoms with Crippen molar-refractivity contribution in [2.45, 2.75) is 38.5 Å². The predicted molar refractivity (Wildman–Crippen MR) is 111 cm³/mol. The van der Waals surface area contributed by atoms with Gasteiger partial charge in [-0.25, -0.2) is 0 Å². The number of hydrogen-bond donors (Lipinski definition) is 2. The van der Waals surface area contributed by atoms with Crippen LogP contribution >= 0.6 is 0 Å². The molecule has 1 saturated heterocycles. The summed E-state index contributed by atoms with van der Waals surface area (Å²) in [5.41, 5.74) is 13.3. The number of amides is 2. The molecule has 0 spiro atoms. The SMILES string of the molecule is CCC(=O)N1CCCC1.Cn1nc(C2COc3ccccc3C2)c(C(N)=O)c1N. The van der Waals surface area contributed by atoms with Gasteiger partial charge >= 0.3 is 0 Å². The van der Waals surface area contributed by atoms with E-state index in [1.165, 1.54) is 17.5 Å². The van der Waals surface area contributed by atoms with E-state index < -0.39 is 5.91 Å². The molecule has 4 rings (SSSR count). The summed E-state index contributed by atoms with van der Waals surface area (Å²) in [7, 11) is 1.70. The van der Waals surface area contributed by atoms with E-state index in [1.54, 1.807) is 7.05 Å². The lowest BCUT2D eigenvalue weighted by molar-refractivity contribution is -0.129. The van der Waals surface area contributed by atoms with Gasteiger partial charge in [-0.05, 0) is 30.9 Å². The van der Waals surface area contributed by atoms with Crippen molar-refractivity contribution in [1.82, 2.24) is 14.7 Å². The van der Waals surface area contributed by atoms with Crippen LogP contribution in [0.5, 0.6) is 5.75 Å². The van der Waals surface area contributed by atoms with E-state index in [0.29, 0.717) is 36.0 Å². The maximum Gasteiger partial charge on any atom is 0.254 e. The molecule has 3 heterocycles. The molecule has 2 aliphatic rings. The molecule has 8 heteroatoms. The van der Waals surface area contributed by atoms with Crippen LogP contribution in [0.3, 0.4) is 0 Å². The number of nitrogens with two attached hydrogens (primary N) is 2. The van der Waals surface area contributed by atoms with Crippen molar-refractivity contribution in [2.24, 2.45) is 12.8 Å². The maximum absolute atomic E-state index is 11.6. The monoisotopic (exact) mass is 399 g/mol. The number of likely N-dealkylation sites (tertiary alicyclic amines) is 1. The van der Waals surface area contributed by atoms with Crippen molar-refractivity contribution in [3.63, 3.8) is 0 Å². The summed E-state index contributed by atoms with van der Waals surface area (Å²) >= 11 is 0. The average Bonchev–Trinajstić information content (AvgIpc) is 3.36. The molecule has 1 aromatic heterocycles. The minimum atomic E-state index is -0.551. The van der Waals surface area contributed by atoms with E-state index >= 15 is 0 Å². The molecular weight excluding hydrogens is 370 g/mol. The molecule has 1 aromatic carbocycles. The highest BCUT2D eigenvalue weighted by Gasteiger charge is 2.29. The first-order chi connectivity index (χ1) is 13.9. The molecule has 2 aromatic rings. The largest absolute Gasteiger partial charge is 0.493 e. The fraction of sp³-hybridized carbons (Fsp3) is 0.476. The van der Waals surface area contributed by atoms with Crippen LogP contribution in [0.4, 0.5) is 5.82 Å². The fourth-order valence-electron chi connectivity index (χ4n) is 3.79. The maximum atomic E-state index is 11.6. The fourth-order valence-corrected chi connectivity index (χ4v) is 3.79. The number of anilines is 1. The van der Waals surface area contributed by atoms with Gasteiger partial charge in [0.1, 0.15) is 17.1 Å². The van der Waals surface area contributed by atoms with Crippen LogP contribution < -0.4 is 16.2 Å². The molecule has 0 aliphatic carbocycles. The molecule has 8 nitrogen and oxygen atoms in total. The number of fused-ring (bicyclic) bond motifs is 1.